The highest BCUT2D eigenvalue weighted by atomic mass is 32.2. The third-order valence-electron chi connectivity index (χ3n) is 3.93. The van der Waals surface area contributed by atoms with Crippen molar-refractivity contribution in [3.8, 4) is 11.5 Å². The maximum atomic E-state index is 12.4. The SMILES string of the molecule is CC(Sc1nnc(-c2c[nH]c3ccccc23)o1)C(=O)c1ccccc1. The van der Waals surface area contributed by atoms with Crippen LogP contribution >= 0.6 is 11.8 Å². The van der Waals surface area contributed by atoms with Crippen molar-refractivity contribution in [1.29, 1.82) is 0 Å². The molecule has 124 valence electrons. The van der Waals surface area contributed by atoms with Crippen LogP contribution in [0.25, 0.3) is 22.4 Å². The molecule has 1 unspecified atom stereocenters. The first-order chi connectivity index (χ1) is 12.2. The molecule has 0 radical (unpaired) electrons. The van der Waals surface area contributed by atoms with Gasteiger partial charge < -0.3 is 9.40 Å². The lowest BCUT2D eigenvalue weighted by atomic mass is 10.1. The molecule has 0 saturated heterocycles. The molecule has 4 aromatic rings. The maximum Gasteiger partial charge on any atom is 0.277 e. The number of Topliss-reactive ketones (excluding diaryl/α,β-unsaturated/α-hetero) is 1. The predicted molar refractivity (Wildman–Crippen MR) is 97.7 cm³/mol. The number of carbonyl (C=O) groups is 1. The van der Waals surface area contributed by atoms with Crippen molar-refractivity contribution >= 4 is 28.4 Å². The molecule has 6 heteroatoms. The van der Waals surface area contributed by atoms with E-state index in [1.165, 1.54) is 11.8 Å². The van der Waals surface area contributed by atoms with Gasteiger partial charge in [-0.2, -0.15) is 0 Å². The molecule has 0 aliphatic rings. The Morgan fingerprint density at radius 1 is 1.08 bits per heavy atom. The van der Waals surface area contributed by atoms with Gasteiger partial charge in [-0.05, 0) is 13.0 Å². The van der Waals surface area contributed by atoms with Crippen molar-refractivity contribution in [1.82, 2.24) is 15.2 Å². The van der Waals surface area contributed by atoms with Gasteiger partial charge in [0, 0.05) is 22.7 Å². The average molecular weight is 349 g/mol. The Balaban J connectivity index is 1.54. The van der Waals surface area contributed by atoms with Gasteiger partial charge in [0.1, 0.15) is 0 Å². The van der Waals surface area contributed by atoms with Crippen LogP contribution < -0.4 is 0 Å². The van der Waals surface area contributed by atoms with E-state index in [2.05, 4.69) is 15.2 Å². The lowest BCUT2D eigenvalue weighted by Crippen LogP contribution is -2.13. The first-order valence-corrected chi connectivity index (χ1v) is 8.76. The monoisotopic (exact) mass is 349 g/mol. The Bertz CT molecular complexity index is 1020. The first kappa shape index (κ1) is 15.7. The minimum Gasteiger partial charge on any atom is -0.411 e. The zero-order chi connectivity index (χ0) is 17.2. The van der Waals surface area contributed by atoms with E-state index in [9.17, 15) is 4.79 Å². The molecular formula is C19H15N3O2S. The molecule has 1 N–H and O–H groups in total. The molecule has 5 nitrogen and oxygen atoms in total. The topological polar surface area (TPSA) is 71.8 Å². The van der Waals surface area contributed by atoms with Crippen LogP contribution in [0.2, 0.25) is 0 Å². The molecule has 25 heavy (non-hydrogen) atoms. The van der Waals surface area contributed by atoms with Crippen molar-refractivity contribution in [2.24, 2.45) is 0 Å². The highest BCUT2D eigenvalue weighted by Crippen LogP contribution is 2.31. The number of nitrogens with one attached hydrogen (secondary N) is 1. The van der Waals surface area contributed by atoms with Crippen LogP contribution in [0, 0.1) is 0 Å². The van der Waals surface area contributed by atoms with Crippen LogP contribution in [0.3, 0.4) is 0 Å². The first-order valence-electron chi connectivity index (χ1n) is 7.88. The number of para-hydroxylation sites is 1. The molecule has 4 rings (SSSR count). The molecule has 2 aromatic carbocycles. The Morgan fingerprint density at radius 2 is 1.84 bits per heavy atom. The van der Waals surface area contributed by atoms with Crippen molar-refractivity contribution in [3.63, 3.8) is 0 Å². The molecule has 0 aliphatic heterocycles. The summed E-state index contributed by atoms with van der Waals surface area (Å²) in [7, 11) is 0. The molecule has 0 bridgehead atoms. The smallest absolute Gasteiger partial charge is 0.277 e. The molecule has 0 fully saturated rings. The second-order valence-corrected chi connectivity index (χ2v) is 6.90. The fourth-order valence-electron chi connectivity index (χ4n) is 2.66. The summed E-state index contributed by atoms with van der Waals surface area (Å²) < 4.78 is 5.76. The van der Waals surface area contributed by atoms with Crippen LogP contribution in [0.4, 0.5) is 0 Å². The zero-order valence-electron chi connectivity index (χ0n) is 13.5. The van der Waals surface area contributed by atoms with Crippen molar-refractivity contribution in [2.45, 2.75) is 17.4 Å². The van der Waals surface area contributed by atoms with Crippen LogP contribution in [0.15, 0.2) is 70.4 Å². The third kappa shape index (κ3) is 3.08. The van der Waals surface area contributed by atoms with Crippen molar-refractivity contribution in [2.75, 3.05) is 0 Å². The minimum absolute atomic E-state index is 0.0393. The van der Waals surface area contributed by atoms with E-state index in [1.807, 2.05) is 67.7 Å². The molecule has 1 atom stereocenters. The number of ketones is 1. The van der Waals surface area contributed by atoms with Crippen LogP contribution in [-0.4, -0.2) is 26.2 Å². The number of hydrogen-bond acceptors (Lipinski definition) is 5. The van der Waals surface area contributed by atoms with Gasteiger partial charge in [-0.1, -0.05) is 60.3 Å². The molecule has 2 heterocycles. The summed E-state index contributed by atoms with van der Waals surface area (Å²) in [4.78, 5) is 15.6. The summed E-state index contributed by atoms with van der Waals surface area (Å²) in [6.07, 6.45) is 1.85. The maximum absolute atomic E-state index is 12.4. The second kappa shape index (κ2) is 6.57. The quantitative estimate of drug-likeness (QED) is 0.422. The number of hydrogen-bond donors (Lipinski definition) is 1. The van der Waals surface area contributed by atoms with E-state index in [0.29, 0.717) is 16.7 Å². The van der Waals surface area contributed by atoms with Crippen molar-refractivity contribution < 1.29 is 9.21 Å². The molecular weight excluding hydrogens is 334 g/mol. The standard InChI is InChI=1S/C19H15N3O2S/c1-12(17(23)13-7-3-2-4-8-13)25-19-22-21-18(24-19)15-11-20-16-10-6-5-9-14(15)16/h2-12,20H,1H3. The number of H-pyrrole nitrogens is 1. The summed E-state index contributed by atoms with van der Waals surface area (Å²) >= 11 is 1.27. The Morgan fingerprint density at radius 3 is 2.68 bits per heavy atom. The van der Waals surface area contributed by atoms with E-state index in [4.69, 9.17) is 4.42 Å². The number of aromatic amines is 1. The molecule has 2 aromatic heterocycles. The fraction of sp³-hybridized carbons (Fsp3) is 0.105. The van der Waals surface area contributed by atoms with Crippen LogP contribution in [-0.2, 0) is 0 Å². The number of fused-ring (bicyclic) bond motifs is 1. The summed E-state index contributed by atoms with van der Waals surface area (Å²) in [6.45, 7) is 1.84. The molecule has 0 aliphatic carbocycles. The van der Waals surface area contributed by atoms with E-state index in [1.54, 1.807) is 0 Å². The largest absolute Gasteiger partial charge is 0.411 e. The van der Waals surface area contributed by atoms with Gasteiger partial charge in [0.15, 0.2) is 5.78 Å². The van der Waals surface area contributed by atoms with Gasteiger partial charge in [-0.25, -0.2) is 0 Å². The Hall–Kier alpha value is -2.86. The Labute approximate surface area is 148 Å². The summed E-state index contributed by atoms with van der Waals surface area (Å²) in [5.74, 6) is 0.483. The number of thioether (sulfide) groups is 1. The van der Waals surface area contributed by atoms with Gasteiger partial charge in [0.25, 0.3) is 11.1 Å². The number of nitrogens with zero attached hydrogens (tertiary/aromatic N) is 2. The summed E-state index contributed by atoms with van der Waals surface area (Å²) in [5, 5.41) is 9.30. The second-order valence-electron chi connectivity index (χ2n) is 5.61. The fourth-order valence-corrected chi connectivity index (χ4v) is 3.42. The van der Waals surface area contributed by atoms with Gasteiger partial charge in [-0.15, -0.1) is 10.2 Å². The molecule has 0 saturated carbocycles. The highest BCUT2D eigenvalue weighted by molar-refractivity contribution is 8.00. The number of rotatable bonds is 5. The predicted octanol–water partition coefficient (Wildman–Crippen LogP) is 4.58. The van der Waals surface area contributed by atoms with Gasteiger partial charge in [0.2, 0.25) is 0 Å². The number of carbonyl (C=O) groups excluding carboxylic acids is 1. The number of benzene rings is 2. The van der Waals surface area contributed by atoms with E-state index < -0.39 is 0 Å². The van der Waals surface area contributed by atoms with Crippen molar-refractivity contribution in [3.05, 3.63) is 66.4 Å². The minimum atomic E-state index is -0.307. The summed E-state index contributed by atoms with van der Waals surface area (Å²) in [6, 6.07) is 17.1. The van der Waals surface area contributed by atoms with Gasteiger partial charge in [-0.3, -0.25) is 4.79 Å². The average Bonchev–Trinajstić information content (AvgIpc) is 3.28. The lowest BCUT2D eigenvalue weighted by molar-refractivity contribution is 0.0993. The highest BCUT2D eigenvalue weighted by Gasteiger charge is 2.20. The van der Waals surface area contributed by atoms with Crippen LogP contribution in [0.5, 0.6) is 0 Å². The van der Waals surface area contributed by atoms with Gasteiger partial charge in [0.05, 0.1) is 10.8 Å². The van der Waals surface area contributed by atoms with E-state index in [0.717, 1.165) is 16.5 Å². The zero-order valence-corrected chi connectivity index (χ0v) is 14.3. The molecule has 0 spiro atoms. The molecule has 0 amide bonds. The normalized spacial score (nSPS) is 12.4. The Kier molecular flexibility index (Phi) is 4.11. The van der Waals surface area contributed by atoms with E-state index in [-0.39, 0.29) is 11.0 Å². The van der Waals surface area contributed by atoms with E-state index >= 15 is 0 Å². The summed E-state index contributed by atoms with van der Waals surface area (Å²) in [5.41, 5.74) is 2.55. The van der Waals surface area contributed by atoms with Gasteiger partial charge >= 0.3 is 0 Å². The van der Waals surface area contributed by atoms with Crippen LogP contribution in [0.1, 0.15) is 17.3 Å². The third-order valence-corrected chi connectivity index (χ3v) is 4.87. The number of aromatic nitrogens is 3. The lowest BCUT2D eigenvalue weighted by Gasteiger charge is -2.06.